The summed E-state index contributed by atoms with van der Waals surface area (Å²) >= 11 is 0. The van der Waals surface area contributed by atoms with Gasteiger partial charge in [-0.2, -0.15) is 10.2 Å². The Morgan fingerprint density at radius 2 is 1.71 bits per heavy atom. The van der Waals surface area contributed by atoms with E-state index in [0.29, 0.717) is 46.6 Å². The number of aryl methyl sites for hydroxylation is 1. The van der Waals surface area contributed by atoms with Crippen LogP contribution in [0.2, 0.25) is 0 Å². The molecule has 0 aliphatic carbocycles. The maximum absolute atomic E-state index is 12.8. The van der Waals surface area contributed by atoms with Gasteiger partial charge in [0.25, 0.3) is 11.5 Å². The molecule has 162 valence electrons. The Labute approximate surface area is 179 Å². The lowest BCUT2D eigenvalue weighted by molar-refractivity contribution is 0.0949. The number of nitrogens with one attached hydrogen (secondary N) is 1. The largest absolute Gasteiger partial charge is 0.496 e. The molecule has 0 spiro atoms. The second kappa shape index (κ2) is 9.75. The maximum Gasteiger partial charge on any atom is 0.292 e. The molecule has 0 saturated heterocycles. The highest BCUT2D eigenvalue weighted by atomic mass is 16.5. The molecule has 0 atom stereocenters. The molecule has 0 aliphatic rings. The van der Waals surface area contributed by atoms with Gasteiger partial charge in [-0.1, -0.05) is 25.1 Å². The summed E-state index contributed by atoms with van der Waals surface area (Å²) in [6, 6.07) is 10.2. The maximum atomic E-state index is 12.8. The normalized spacial score (nSPS) is 11.0. The molecule has 1 amide bonds. The molecule has 0 bridgehead atoms. The summed E-state index contributed by atoms with van der Waals surface area (Å²) < 4.78 is 17.2. The minimum atomic E-state index is -0.531. The smallest absolute Gasteiger partial charge is 0.292 e. The van der Waals surface area contributed by atoms with Crippen LogP contribution in [0.1, 0.15) is 29.4 Å². The Morgan fingerprint density at radius 3 is 2.35 bits per heavy atom. The van der Waals surface area contributed by atoms with Crippen molar-refractivity contribution in [2.45, 2.75) is 19.9 Å². The zero-order valence-corrected chi connectivity index (χ0v) is 17.8. The molecule has 3 rings (SSSR count). The van der Waals surface area contributed by atoms with Gasteiger partial charge in [0.1, 0.15) is 5.75 Å². The van der Waals surface area contributed by atoms with Gasteiger partial charge >= 0.3 is 0 Å². The first kappa shape index (κ1) is 21.8. The number of hydrogen-bond donors (Lipinski definition) is 1. The van der Waals surface area contributed by atoms with Crippen LogP contribution in [-0.2, 0) is 6.54 Å². The Hall–Kier alpha value is -3.88. The molecule has 31 heavy (non-hydrogen) atoms. The second-order valence-corrected chi connectivity index (χ2v) is 6.57. The van der Waals surface area contributed by atoms with Gasteiger partial charge in [-0.05, 0) is 18.6 Å². The summed E-state index contributed by atoms with van der Waals surface area (Å²) in [6.07, 6.45) is 2.15. The first-order valence-corrected chi connectivity index (χ1v) is 9.67. The van der Waals surface area contributed by atoms with Crippen LogP contribution < -0.4 is 25.2 Å². The van der Waals surface area contributed by atoms with E-state index in [2.05, 4.69) is 15.6 Å². The summed E-state index contributed by atoms with van der Waals surface area (Å²) in [6.45, 7) is 2.35. The van der Waals surface area contributed by atoms with Gasteiger partial charge in [-0.15, -0.1) is 0 Å². The summed E-state index contributed by atoms with van der Waals surface area (Å²) in [4.78, 5) is 25.4. The highest BCUT2D eigenvalue weighted by Crippen LogP contribution is 2.33. The Bertz CT molecular complexity index is 1190. The number of ether oxygens (including phenoxy) is 3. The molecule has 9 nitrogen and oxygen atoms in total. The number of fused-ring (bicyclic) bond motifs is 1. The number of carbonyl (C=O) groups is 1. The molecule has 1 aromatic heterocycles. The predicted molar refractivity (Wildman–Crippen MR) is 117 cm³/mol. The third kappa shape index (κ3) is 4.50. The van der Waals surface area contributed by atoms with Crippen LogP contribution in [0.25, 0.3) is 10.8 Å². The molecule has 0 radical (unpaired) electrons. The number of benzene rings is 2. The first-order valence-electron chi connectivity index (χ1n) is 9.67. The SMILES string of the molecule is CCCn1nc(C(=O)N/N=C/c2cc(OC)c(OC)cc2OC)c2ccccc2c1=O. The Balaban J connectivity index is 1.93. The Kier molecular flexibility index (Phi) is 6.86. The van der Waals surface area contributed by atoms with Crippen LogP contribution in [0, 0.1) is 0 Å². The second-order valence-electron chi connectivity index (χ2n) is 6.57. The van der Waals surface area contributed by atoms with E-state index >= 15 is 0 Å². The van der Waals surface area contributed by atoms with Crippen molar-refractivity contribution in [1.29, 1.82) is 0 Å². The average molecular weight is 424 g/mol. The Morgan fingerprint density at radius 1 is 1.06 bits per heavy atom. The number of rotatable bonds is 8. The molecule has 0 unspecified atom stereocenters. The van der Waals surface area contributed by atoms with Gasteiger partial charge in [0, 0.05) is 23.6 Å². The highest BCUT2D eigenvalue weighted by molar-refractivity contribution is 6.05. The molecule has 9 heteroatoms. The standard InChI is InChI=1S/C22H24N4O5/c1-5-10-26-22(28)16-9-7-6-8-15(16)20(25-26)21(27)24-23-13-14-11-18(30-3)19(31-4)12-17(14)29-2/h6-9,11-13H,5,10H2,1-4H3,(H,24,27)/b23-13+. The van der Waals surface area contributed by atoms with Crippen molar-refractivity contribution in [2.75, 3.05) is 21.3 Å². The van der Waals surface area contributed by atoms with E-state index < -0.39 is 5.91 Å². The van der Waals surface area contributed by atoms with Crippen molar-refractivity contribution in [3.63, 3.8) is 0 Å². The van der Waals surface area contributed by atoms with E-state index in [1.165, 1.54) is 32.2 Å². The number of carbonyl (C=O) groups excluding carboxylic acids is 1. The van der Waals surface area contributed by atoms with Crippen molar-refractivity contribution in [1.82, 2.24) is 15.2 Å². The van der Waals surface area contributed by atoms with Gasteiger partial charge in [0.05, 0.1) is 32.9 Å². The molecule has 1 N–H and O–H groups in total. The minimum absolute atomic E-state index is 0.125. The molecular weight excluding hydrogens is 400 g/mol. The van der Waals surface area contributed by atoms with Gasteiger partial charge < -0.3 is 14.2 Å². The fourth-order valence-electron chi connectivity index (χ4n) is 3.13. The predicted octanol–water partition coefficient (Wildman–Crippen LogP) is 2.60. The zero-order chi connectivity index (χ0) is 22.4. The van der Waals surface area contributed by atoms with Gasteiger partial charge in [-0.25, -0.2) is 10.1 Å². The highest BCUT2D eigenvalue weighted by Gasteiger charge is 2.16. The van der Waals surface area contributed by atoms with E-state index in [1.807, 2.05) is 6.92 Å². The molecule has 0 aliphatic heterocycles. The average Bonchev–Trinajstić information content (AvgIpc) is 2.80. The van der Waals surface area contributed by atoms with Crippen molar-refractivity contribution < 1.29 is 19.0 Å². The quantitative estimate of drug-likeness (QED) is 0.440. The van der Waals surface area contributed by atoms with E-state index in [4.69, 9.17) is 14.2 Å². The van der Waals surface area contributed by atoms with Crippen LogP contribution >= 0.6 is 0 Å². The lowest BCUT2D eigenvalue weighted by Gasteiger charge is -2.12. The van der Waals surface area contributed by atoms with E-state index in [0.717, 1.165) is 0 Å². The van der Waals surface area contributed by atoms with Gasteiger partial charge in [0.15, 0.2) is 17.2 Å². The number of amides is 1. The van der Waals surface area contributed by atoms with Crippen LogP contribution in [0.3, 0.4) is 0 Å². The van der Waals surface area contributed by atoms with Crippen LogP contribution in [-0.4, -0.2) is 43.2 Å². The van der Waals surface area contributed by atoms with E-state index in [9.17, 15) is 9.59 Å². The van der Waals surface area contributed by atoms with Crippen molar-refractivity contribution in [3.05, 3.63) is 58.0 Å². The number of methoxy groups -OCH3 is 3. The summed E-state index contributed by atoms with van der Waals surface area (Å²) in [5.74, 6) is 0.970. The number of hydrazone groups is 1. The van der Waals surface area contributed by atoms with Gasteiger partial charge in [0.2, 0.25) is 0 Å². The van der Waals surface area contributed by atoms with Crippen molar-refractivity contribution >= 4 is 22.9 Å². The zero-order valence-electron chi connectivity index (χ0n) is 17.8. The lowest BCUT2D eigenvalue weighted by Crippen LogP contribution is -2.29. The fraction of sp³-hybridized carbons (Fsp3) is 0.273. The molecule has 2 aromatic carbocycles. The first-order chi connectivity index (χ1) is 15.0. The summed E-state index contributed by atoms with van der Waals surface area (Å²) in [5.41, 5.74) is 2.94. The van der Waals surface area contributed by atoms with Crippen molar-refractivity contribution in [2.24, 2.45) is 5.10 Å². The van der Waals surface area contributed by atoms with E-state index in [1.54, 1.807) is 36.4 Å². The third-order valence-electron chi connectivity index (χ3n) is 4.62. The van der Waals surface area contributed by atoms with Gasteiger partial charge in [-0.3, -0.25) is 9.59 Å². The van der Waals surface area contributed by atoms with Crippen LogP contribution in [0.5, 0.6) is 17.2 Å². The topological polar surface area (TPSA) is 104 Å². The van der Waals surface area contributed by atoms with Crippen molar-refractivity contribution in [3.8, 4) is 17.2 Å². The molecule has 0 fully saturated rings. The molecule has 1 heterocycles. The molecule has 0 saturated carbocycles. The minimum Gasteiger partial charge on any atom is -0.496 e. The van der Waals surface area contributed by atoms with Crippen LogP contribution in [0.15, 0.2) is 46.3 Å². The molecule has 3 aromatic rings. The molecular formula is C22H24N4O5. The lowest BCUT2D eigenvalue weighted by atomic mass is 10.1. The van der Waals surface area contributed by atoms with Crippen LogP contribution in [0.4, 0.5) is 0 Å². The third-order valence-corrected chi connectivity index (χ3v) is 4.62. The summed E-state index contributed by atoms with van der Waals surface area (Å²) in [7, 11) is 4.57. The number of hydrogen-bond acceptors (Lipinski definition) is 7. The summed E-state index contributed by atoms with van der Waals surface area (Å²) in [5, 5.41) is 9.19. The van der Waals surface area contributed by atoms with E-state index in [-0.39, 0.29) is 11.3 Å². The number of nitrogens with zero attached hydrogens (tertiary/aromatic N) is 3. The monoisotopic (exact) mass is 424 g/mol. The fourth-order valence-corrected chi connectivity index (χ4v) is 3.13. The number of aromatic nitrogens is 2.